The van der Waals surface area contributed by atoms with E-state index in [1.54, 1.807) is 25.1 Å². The number of benzene rings is 1. The molecule has 5 heteroatoms. The Bertz CT molecular complexity index is 529. The number of amides is 1. The second kappa shape index (κ2) is 6.32. The Balaban J connectivity index is 2.08. The third kappa shape index (κ3) is 3.44. The average Bonchev–Trinajstić information content (AvgIpc) is 2.48. The molecule has 0 spiro atoms. The van der Waals surface area contributed by atoms with E-state index in [0.717, 1.165) is 31.5 Å². The summed E-state index contributed by atoms with van der Waals surface area (Å²) in [5.74, 6) is 0.0584. The van der Waals surface area contributed by atoms with Gasteiger partial charge in [0.25, 0.3) is 5.69 Å². The normalized spacial score (nSPS) is 16.1. The fourth-order valence-electron chi connectivity index (χ4n) is 2.35. The monoisotopic (exact) mass is 274 g/mol. The van der Waals surface area contributed by atoms with Crippen molar-refractivity contribution in [1.29, 1.82) is 0 Å². The van der Waals surface area contributed by atoms with E-state index in [1.165, 1.54) is 18.6 Å². The van der Waals surface area contributed by atoms with Crippen molar-refractivity contribution < 1.29 is 9.72 Å². The second-order valence-corrected chi connectivity index (χ2v) is 5.03. The number of carbonyl (C=O) groups is 1. The van der Waals surface area contributed by atoms with Gasteiger partial charge in [-0.05, 0) is 50.0 Å². The summed E-state index contributed by atoms with van der Waals surface area (Å²) in [4.78, 5) is 24.2. The number of nitrogens with zero attached hydrogens (tertiary/aromatic N) is 2. The van der Waals surface area contributed by atoms with Crippen LogP contribution in [0, 0.1) is 10.1 Å². The molecule has 20 heavy (non-hydrogen) atoms. The summed E-state index contributed by atoms with van der Waals surface area (Å²) >= 11 is 0. The predicted molar refractivity (Wildman–Crippen MR) is 77.2 cm³/mol. The van der Waals surface area contributed by atoms with Crippen molar-refractivity contribution in [2.75, 3.05) is 13.1 Å². The number of likely N-dealkylation sites (tertiary alicyclic amines) is 1. The zero-order valence-electron chi connectivity index (χ0n) is 11.5. The fraction of sp³-hybridized carbons (Fsp3) is 0.400. The summed E-state index contributed by atoms with van der Waals surface area (Å²) < 4.78 is 0. The first kappa shape index (κ1) is 14.2. The highest BCUT2D eigenvalue weighted by molar-refractivity contribution is 5.97. The van der Waals surface area contributed by atoms with Crippen LogP contribution in [0.2, 0.25) is 0 Å². The van der Waals surface area contributed by atoms with E-state index in [0.29, 0.717) is 5.57 Å². The minimum atomic E-state index is -0.431. The van der Waals surface area contributed by atoms with Gasteiger partial charge in [-0.3, -0.25) is 14.9 Å². The molecule has 0 unspecified atom stereocenters. The zero-order chi connectivity index (χ0) is 14.5. The quantitative estimate of drug-likeness (QED) is 0.483. The lowest BCUT2D eigenvalue weighted by Gasteiger charge is -2.27. The number of hydrogen-bond acceptors (Lipinski definition) is 3. The summed E-state index contributed by atoms with van der Waals surface area (Å²) in [6.07, 6.45) is 5.10. The highest BCUT2D eigenvalue weighted by Gasteiger charge is 2.17. The van der Waals surface area contributed by atoms with Gasteiger partial charge in [-0.25, -0.2) is 0 Å². The molecule has 106 valence electrons. The maximum atomic E-state index is 12.2. The highest BCUT2D eigenvalue weighted by Crippen LogP contribution is 2.17. The molecule has 1 saturated heterocycles. The molecule has 1 aliphatic rings. The maximum Gasteiger partial charge on any atom is 0.269 e. The highest BCUT2D eigenvalue weighted by atomic mass is 16.6. The molecule has 2 rings (SSSR count). The number of nitro benzene ring substituents is 1. The van der Waals surface area contributed by atoms with Crippen LogP contribution in [-0.4, -0.2) is 28.8 Å². The summed E-state index contributed by atoms with van der Waals surface area (Å²) in [6, 6.07) is 6.21. The maximum absolute atomic E-state index is 12.2. The van der Waals surface area contributed by atoms with Crippen molar-refractivity contribution in [2.45, 2.75) is 26.2 Å². The Hall–Kier alpha value is -2.17. The lowest BCUT2D eigenvalue weighted by atomic mass is 10.1. The molecule has 1 aliphatic heterocycles. The molecular formula is C15H18N2O3. The third-order valence-corrected chi connectivity index (χ3v) is 3.47. The van der Waals surface area contributed by atoms with Crippen molar-refractivity contribution in [3.63, 3.8) is 0 Å². The SMILES string of the molecule is CC(=Cc1ccc([N+](=O)[O-])cc1)C(=O)N1CCCCC1. The van der Waals surface area contributed by atoms with Gasteiger partial charge in [0, 0.05) is 30.8 Å². The van der Waals surface area contributed by atoms with Crippen LogP contribution in [0.15, 0.2) is 29.8 Å². The van der Waals surface area contributed by atoms with Gasteiger partial charge >= 0.3 is 0 Å². The molecule has 0 aliphatic carbocycles. The first-order chi connectivity index (χ1) is 9.58. The smallest absolute Gasteiger partial charge is 0.269 e. The van der Waals surface area contributed by atoms with Gasteiger partial charge in [0.1, 0.15) is 0 Å². The van der Waals surface area contributed by atoms with E-state index < -0.39 is 4.92 Å². The van der Waals surface area contributed by atoms with Crippen LogP contribution in [0.1, 0.15) is 31.7 Å². The molecule has 1 aromatic rings. The molecule has 0 bridgehead atoms. The molecule has 0 N–H and O–H groups in total. The van der Waals surface area contributed by atoms with E-state index >= 15 is 0 Å². The molecule has 1 aromatic carbocycles. The fourth-order valence-corrected chi connectivity index (χ4v) is 2.35. The Kier molecular flexibility index (Phi) is 4.50. The molecule has 1 fully saturated rings. The lowest BCUT2D eigenvalue weighted by Crippen LogP contribution is -2.36. The van der Waals surface area contributed by atoms with Crippen LogP contribution < -0.4 is 0 Å². The van der Waals surface area contributed by atoms with E-state index in [2.05, 4.69) is 0 Å². The van der Waals surface area contributed by atoms with Gasteiger partial charge in [-0.1, -0.05) is 0 Å². The number of hydrogen-bond donors (Lipinski definition) is 0. The number of non-ortho nitro benzene ring substituents is 1. The van der Waals surface area contributed by atoms with Crippen LogP contribution in [0.25, 0.3) is 6.08 Å². The van der Waals surface area contributed by atoms with Crippen LogP contribution in [0.3, 0.4) is 0 Å². The zero-order valence-corrected chi connectivity index (χ0v) is 11.5. The number of carbonyl (C=O) groups excluding carboxylic acids is 1. The summed E-state index contributed by atoms with van der Waals surface area (Å²) in [6.45, 7) is 3.44. The van der Waals surface area contributed by atoms with Crippen LogP contribution >= 0.6 is 0 Å². The van der Waals surface area contributed by atoms with Gasteiger partial charge < -0.3 is 4.90 Å². The van der Waals surface area contributed by atoms with Crippen LogP contribution in [-0.2, 0) is 4.79 Å². The summed E-state index contributed by atoms with van der Waals surface area (Å²) in [5.41, 5.74) is 1.53. The molecule has 5 nitrogen and oxygen atoms in total. The first-order valence-corrected chi connectivity index (χ1v) is 6.80. The largest absolute Gasteiger partial charge is 0.339 e. The number of rotatable bonds is 3. The standard InChI is InChI=1S/C15H18N2O3/c1-12(15(18)16-9-3-2-4-10-16)11-13-5-7-14(8-6-13)17(19)20/h5-8,11H,2-4,9-10H2,1H3. The van der Waals surface area contributed by atoms with Gasteiger partial charge in [-0.2, -0.15) is 0 Å². The van der Waals surface area contributed by atoms with Crippen LogP contribution in [0.5, 0.6) is 0 Å². The van der Waals surface area contributed by atoms with Crippen molar-refractivity contribution in [3.05, 3.63) is 45.5 Å². The van der Waals surface area contributed by atoms with Crippen molar-refractivity contribution in [3.8, 4) is 0 Å². The average molecular weight is 274 g/mol. The molecule has 0 saturated carbocycles. The summed E-state index contributed by atoms with van der Waals surface area (Å²) in [5, 5.41) is 10.6. The molecule has 0 aromatic heterocycles. The topological polar surface area (TPSA) is 63.5 Å². The van der Waals surface area contributed by atoms with E-state index in [1.807, 2.05) is 4.90 Å². The van der Waals surface area contributed by atoms with Gasteiger partial charge in [0.2, 0.25) is 5.91 Å². The molecule has 1 heterocycles. The van der Waals surface area contributed by atoms with E-state index in [9.17, 15) is 14.9 Å². The molecule has 0 atom stereocenters. The third-order valence-electron chi connectivity index (χ3n) is 3.47. The predicted octanol–water partition coefficient (Wildman–Crippen LogP) is 3.01. The van der Waals surface area contributed by atoms with Crippen molar-refractivity contribution >= 4 is 17.7 Å². The summed E-state index contributed by atoms with van der Waals surface area (Å²) in [7, 11) is 0. The lowest BCUT2D eigenvalue weighted by molar-refractivity contribution is -0.384. The van der Waals surface area contributed by atoms with E-state index in [-0.39, 0.29) is 11.6 Å². The van der Waals surface area contributed by atoms with E-state index in [4.69, 9.17) is 0 Å². The first-order valence-electron chi connectivity index (χ1n) is 6.80. The van der Waals surface area contributed by atoms with Crippen LogP contribution in [0.4, 0.5) is 5.69 Å². The Labute approximate surface area is 118 Å². The number of piperidine rings is 1. The Morgan fingerprint density at radius 1 is 1.20 bits per heavy atom. The minimum Gasteiger partial charge on any atom is -0.339 e. The second-order valence-electron chi connectivity index (χ2n) is 5.03. The van der Waals surface area contributed by atoms with Gasteiger partial charge in [-0.15, -0.1) is 0 Å². The molecular weight excluding hydrogens is 256 g/mol. The van der Waals surface area contributed by atoms with Gasteiger partial charge in [0.15, 0.2) is 0 Å². The van der Waals surface area contributed by atoms with Crippen molar-refractivity contribution in [1.82, 2.24) is 4.90 Å². The van der Waals surface area contributed by atoms with Gasteiger partial charge in [0.05, 0.1) is 4.92 Å². The minimum absolute atomic E-state index is 0.0576. The van der Waals surface area contributed by atoms with Crippen molar-refractivity contribution in [2.24, 2.45) is 0 Å². The molecule has 1 amide bonds. The number of nitro groups is 1. The molecule has 0 radical (unpaired) electrons. The Morgan fingerprint density at radius 3 is 2.35 bits per heavy atom. The Morgan fingerprint density at radius 2 is 1.80 bits per heavy atom.